The number of carbonyl (C=O) groups is 1. The van der Waals surface area contributed by atoms with Crippen LogP contribution in [-0.2, 0) is 19.4 Å². The number of rotatable bonds is 8. The Morgan fingerprint density at radius 3 is 2.64 bits per heavy atom. The van der Waals surface area contributed by atoms with Crippen LogP contribution in [0.1, 0.15) is 24.8 Å². The van der Waals surface area contributed by atoms with E-state index >= 15 is 0 Å². The standard InChI is InChI=1S/C19H28FN3O4S/c1-19(12-16(19)14-2-4-15(20)5-3-14)22-6-11-28(25,26)13-17(21)18(24)23-7-9-27-10-8-23/h2-5,16-17,22H,6-13,21H2,1H3/t16-,17-,19+/m0/s1. The summed E-state index contributed by atoms with van der Waals surface area (Å²) in [5.41, 5.74) is 6.70. The molecule has 1 amide bonds. The number of hydrogen-bond acceptors (Lipinski definition) is 6. The zero-order chi connectivity index (χ0) is 20.4. The highest BCUT2D eigenvalue weighted by Crippen LogP contribution is 2.50. The van der Waals surface area contributed by atoms with Crippen LogP contribution in [0.3, 0.4) is 0 Å². The zero-order valence-electron chi connectivity index (χ0n) is 16.1. The molecular formula is C19H28FN3O4S. The van der Waals surface area contributed by atoms with Gasteiger partial charge < -0.3 is 20.7 Å². The van der Waals surface area contributed by atoms with Gasteiger partial charge in [0.15, 0.2) is 9.84 Å². The van der Waals surface area contributed by atoms with Crippen molar-refractivity contribution in [3.8, 4) is 0 Å². The number of ether oxygens (including phenoxy) is 1. The molecule has 0 unspecified atom stereocenters. The molecule has 0 radical (unpaired) electrons. The minimum absolute atomic E-state index is 0.0805. The van der Waals surface area contributed by atoms with Gasteiger partial charge in [0.25, 0.3) is 0 Å². The summed E-state index contributed by atoms with van der Waals surface area (Å²) in [6, 6.07) is 5.35. The van der Waals surface area contributed by atoms with Gasteiger partial charge in [-0.05, 0) is 31.0 Å². The first kappa shape index (κ1) is 21.2. The van der Waals surface area contributed by atoms with Gasteiger partial charge >= 0.3 is 0 Å². The highest BCUT2D eigenvalue weighted by molar-refractivity contribution is 7.91. The van der Waals surface area contributed by atoms with E-state index in [0.717, 1.165) is 12.0 Å². The average Bonchev–Trinajstić information content (AvgIpc) is 3.33. The summed E-state index contributed by atoms with van der Waals surface area (Å²) in [5.74, 6) is -0.814. The Bertz CT molecular complexity index is 796. The van der Waals surface area contributed by atoms with Gasteiger partial charge in [0.05, 0.1) is 30.8 Å². The highest BCUT2D eigenvalue weighted by atomic mass is 32.2. The number of halogens is 1. The molecule has 1 saturated heterocycles. The molecule has 28 heavy (non-hydrogen) atoms. The molecule has 1 aliphatic heterocycles. The summed E-state index contributed by atoms with van der Waals surface area (Å²) in [5, 5.41) is 3.29. The van der Waals surface area contributed by atoms with Crippen molar-refractivity contribution >= 4 is 15.7 Å². The molecule has 156 valence electrons. The topological polar surface area (TPSA) is 102 Å². The van der Waals surface area contributed by atoms with Crippen molar-refractivity contribution < 1.29 is 22.3 Å². The third kappa shape index (κ3) is 5.28. The Balaban J connectivity index is 1.44. The molecule has 1 heterocycles. The van der Waals surface area contributed by atoms with Gasteiger partial charge in [-0.1, -0.05) is 12.1 Å². The van der Waals surface area contributed by atoms with Gasteiger partial charge in [-0.25, -0.2) is 12.8 Å². The second-order valence-corrected chi connectivity index (χ2v) is 10.0. The molecule has 0 bridgehead atoms. The number of sulfone groups is 1. The van der Waals surface area contributed by atoms with Crippen LogP contribution < -0.4 is 11.1 Å². The maximum atomic E-state index is 13.1. The number of hydrogen-bond donors (Lipinski definition) is 2. The second kappa shape index (κ2) is 8.44. The highest BCUT2D eigenvalue weighted by Gasteiger charge is 2.50. The van der Waals surface area contributed by atoms with Crippen LogP contribution in [0.5, 0.6) is 0 Å². The Hall–Kier alpha value is -1.55. The Morgan fingerprint density at radius 1 is 1.36 bits per heavy atom. The first-order valence-corrected chi connectivity index (χ1v) is 11.4. The summed E-state index contributed by atoms with van der Waals surface area (Å²) in [6.07, 6.45) is 0.869. The van der Waals surface area contributed by atoms with Gasteiger partial charge in [-0.2, -0.15) is 0 Å². The van der Waals surface area contributed by atoms with E-state index in [4.69, 9.17) is 10.5 Å². The number of amides is 1. The lowest BCUT2D eigenvalue weighted by Crippen LogP contribution is -2.51. The third-order valence-corrected chi connectivity index (χ3v) is 7.22. The predicted octanol–water partition coefficient (Wildman–Crippen LogP) is 0.262. The number of nitrogens with zero attached hydrogens (tertiary/aromatic N) is 1. The molecule has 0 spiro atoms. The molecule has 2 aliphatic rings. The number of morpholine rings is 1. The first-order chi connectivity index (χ1) is 13.2. The number of nitrogens with two attached hydrogens (primary N) is 1. The van der Waals surface area contributed by atoms with Crippen LogP contribution in [-0.4, -0.2) is 75.2 Å². The summed E-state index contributed by atoms with van der Waals surface area (Å²) in [7, 11) is -3.46. The summed E-state index contributed by atoms with van der Waals surface area (Å²) in [6.45, 7) is 4.09. The lowest BCUT2D eigenvalue weighted by atomic mass is 10.1. The van der Waals surface area contributed by atoms with Crippen molar-refractivity contribution in [2.24, 2.45) is 5.73 Å². The molecule has 3 atom stereocenters. The summed E-state index contributed by atoms with van der Waals surface area (Å²) in [4.78, 5) is 13.8. The molecule has 1 aliphatic carbocycles. The van der Waals surface area contributed by atoms with E-state index in [9.17, 15) is 17.6 Å². The number of benzene rings is 1. The molecule has 7 nitrogen and oxygen atoms in total. The molecule has 0 aromatic heterocycles. The summed E-state index contributed by atoms with van der Waals surface area (Å²) < 4.78 is 43.0. The smallest absolute Gasteiger partial charge is 0.240 e. The van der Waals surface area contributed by atoms with Crippen LogP contribution in [0.2, 0.25) is 0 Å². The largest absolute Gasteiger partial charge is 0.378 e. The van der Waals surface area contributed by atoms with Gasteiger partial charge in [-0.15, -0.1) is 0 Å². The van der Waals surface area contributed by atoms with Crippen LogP contribution in [0.15, 0.2) is 24.3 Å². The first-order valence-electron chi connectivity index (χ1n) is 9.53. The molecule has 1 saturated carbocycles. The second-order valence-electron chi connectivity index (χ2n) is 7.81. The van der Waals surface area contributed by atoms with E-state index in [2.05, 4.69) is 5.32 Å². The monoisotopic (exact) mass is 413 g/mol. The molecule has 3 rings (SSSR count). The maximum absolute atomic E-state index is 13.1. The molecule has 1 aromatic carbocycles. The van der Waals surface area contributed by atoms with Gasteiger partial charge in [-0.3, -0.25) is 4.79 Å². The molecule has 9 heteroatoms. The zero-order valence-corrected chi connectivity index (χ0v) is 16.9. The van der Waals surface area contributed by atoms with Crippen molar-refractivity contribution in [3.05, 3.63) is 35.6 Å². The SMILES string of the molecule is C[C@@]1(NCCS(=O)(=O)C[C@H](N)C(=O)N2CCOCC2)C[C@H]1c1ccc(F)cc1. The van der Waals surface area contributed by atoms with Crippen molar-refractivity contribution in [2.45, 2.75) is 30.8 Å². The van der Waals surface area contributed by atoms with Crippen molar-refractivity contribution in [3.63, 3.8) is 0 Å². The van der Waals surface area contributed by atoms with E-state index in [-0.39, 0.29) is 41.2 Å². The predicted molar refractivity (Wildman–Crippen MR) is 104 cm³/mol. The lowest BCUT2D eigenvalue weighted by molar-refractivity contribution is -0.136. The Kier molecular flexibility index (Phi) is 6.38. The minimum Gasteiger partial charge on any atom is -0.378 e. The van der Waals surface area contributed by atoms with Gasteiger partial charge in [0, 0.05) is 31.1 Å². The molecule has 1 aromatic rings. The average molecular weight is 414 g/mol. The van der Waals surface area contributed by atoms with Gasteiger partial charge in [0.1, 0.15) is 5.82 Å². The lowest BCUT2D eigenvalue weighted by Gasteiger charge is -2.29. The number of carbonyl (C=O) groups excluding carboxylic acids is 1. The van der Waals surface area contributed by atoms with E-state index in [1.807, 2.05) is 6.92 Å². The maximum Gasteiger partial charge on any atom is 0.240 e. The molecule has 2 fully saturated rings. The van der Waals surface area contributed by atoms with Crippen LogP contribution in [0.25, 0.3) is 0 Å². The fourth-order valence-corrected chi connectivity index (χ4v) is 4.95. The van der Waals surface area contributed by atoms with Crippen molar-refractivity contribution in [1.29, 1.82) is 0 Å². The van der Waals surface area contributed by atoms with Crippen molar-refractivity contribution in [1.82, 2.24) is 10.2 Å². The molecule has 3 N–H and O–H groups in total. The Labute approximate surface area is 165 Å². The van der Waals surface area contributed by atoms with E-state index in [1.165, 1.54) is 12.1 Å². The summed E-state index contributed by atoms with van der Waals surface area (Å²) >= 11 is 0. The van der Waals surface area contributed by atoms with Crippen LogP contribution >= 0.6 is 0 Å². The normalized spacial score (nSPS) is 26.1. The van der Waals surface area contributed by atoms with Crippen molar-refractivity contribution in [2.75, 3.05) is 44.4 Å². The fraction of sp³-hybridized carbons (Fsp3) is 0.632. The quantitative estimate of drug-likeness (QED) is 0.634. The Morgan fingerprint density at radius 2 is 2.00 bits per heavy atom. The van der Waals surface area contributed by atoms with Crippen LogP contribution in [0, 0.1) is 5.82 Å². The van der Waals surface area contributed by atoms with E-state index in [1.54, 1.807) is 17.0 Å². The molecular weight excluding hydrogens is 385 g/mol. The van der Waals surface area contributed by atoms with Crippen LogP contribution in [0.4, 0.5) is 4.39 Å². The van der Waals surface area contributed by atoms with E-state index in [0.29, 0.717) is 26.3 Å². The fourth-order valence-electron chi connectivity index (χ4n) is 3.68. The third-order valence-electron chi connectivity index (χ3n) is 5.52. The van der Waals surface area contributed by atoms with Gasteiger partial charge in [0.2, 0.25) is 5.91 Å². The van der Waals surface area contributed by atoms with E-state index < -0.39 is 15.9 Å². The minimum atomic E-state index is -3.46. The number of nitrogens with one attached hydrogen (secondary N) is 1.